The van der Waals surface area contributed by atoms with Crippen molar-refractivity contribution in [2.24, 2.45) is 0 Å². The first-order valence-corrected chi connectivity index (χ1v) is 8.31. The minimum Gasteiger partial charge on any atom is -0.493 e. The Morgan fingerprint density at radius 3 is 2.62 bits per heavy atom. The smallest absolute Gasteiger partial charge is 0.257 e. The van der Waals surface area contributed by atoms with Crippen LogP contribution in [0.15, 0.2) is 30.3 Å². The number of carbonyl (C=O) groups excluding carboxylic acids is 1. The molecular weight excluding hydrogens is 348 g/mol. The van der Waals surface area contributed by atoms with Gasteiger partial charge in [0.15, 0.2) is 16.6 Å². The van der Waals surface area contributed by atoms with E-state index in [4.69, 9.17) is 21.1 Å². The van der Waals surface area contributed by atoms with Crippen LogP contribution in [0.3, 0.4) is 0 Å². The molecule has 0 aliphatic carbocycles. The van der Waals surface area contributed by atoms with Gasteiger partial charge in [0, 0.05) is 10.6 Å². The number of aryl methyl sites for hydroxylation is 1. The number of hydrogen-bond acceptors (Lipinski definition) is 5. The molecule has 1 amide bonds. The van der Waals surface area contributed by atoms with E-state index < -0.39 is 0 Å². The highest BCUT2D eigenvalue weighted by molar-refractivity contribution is 7.22. The summed E-state index contributed by atoms with van der Waals surface area (Å²) in [5.74, 6) is 0.800. The Bertz CT molecular complexity index is 885. The van der Waals surface area contributed by atoms with Crippen molar-refractivity contribution in [2.75, 3.05) is 19.5 Å². The third-order valence-corrected chi connectivity index (χ3v) is 4.88. The van der Waals surface area contributed by atoms with Crippen LogP contribution in [0.1, 0.15) is 15.9 Å². The lowest BCUT2D eigenvalue weighted by Gasteiger charge is -2.09. The first kappa shape index (κ1) is 16.5. The second kappa shape index (κ2) is 6.67. The summed E-state index contributed by atoms with van der Waals surface area (Å²) >= 11 is 7.52. The lowest BCUT2D eigenvalue weighted by molar-refractivity contribution is 0.102. The molecule has 0 unspecified atom stereocenters. The first-order valence-electron chi connectivity index (χ1n) is 7.12. The number of ether oxygens (including phenoxy) is 2. The van der Waals surface area contributed by atoms with Crippen LogP contribution in [-0.2, 0) is 0 Å². The number of amides is 1. The maximum absolute atomic E-state index is 12.4. The highest BCUT2D eigenvalue weighted by atomic mass is 35.5. The molecular formula is C17H15ClN2O3S. The number of hydrogen-bond donors (Lipinski definition) is 1. The van der Waals surface area contributed by atoms with Gasteiger partial charge in [-0.1, -0.05) is 22.9 Å². The van der Waals surface area contributed by atoms with E-state index in [2.05, 4.69) is 10.3 Å². The Hall–Kier alpha value is -2.31. The van der Waals surface area contributed by atoms with Crippen molar-refractivity contribution in [3.05, 3.63) is 46.5 Å². The zero-order valence-corrected chi connectivity index (χ0v) is 14.9. The van der Waals surface area contributed by atoms with Gasteiger partial charge in [-0.2, -0.15) is 0 Å². The molecule has 24 heavy (non-hydrogen) atoms. The second-order valence-corrected chi connectivity index (χ2v) is 6.55. The summed E-state index contributed by atoms with van der Waals surface area (Å²) in [5.41, 5.74) is 2.20. The van der Waals surface area contributed by atoms with Gasteiger partial charge < -0.3 is 9.47 Å². The zero-order valence-electron chi connectivity index (χ0n) is 13.3. The maximum Gasteiger partial charge on any atom is 0.257 e. The average molecular weight is 363 g/mol. The van der Waals surface area contributed by atoms with E-state index in [1.165, 1.54) is 18.4 Å². The van der Waals surface area contributed by atoms with E-state index in [0.717, 1.165) is 15.8 Å². The molecule has 0 radical (unpaired) electrons. The van der Waals surface area contributed by atoms with E-state index in [0.29, 0.717) is 27.2 Å². The summed E-state index contributed by atoms with van der Waals surface area (Å²) in [4.78, 5) is 16.8. The Morgan fingerprint density at radius 1 is 1.17 bits per heavy atom. The van der Waals surface area contributed by atoms with Crippen LogP contribution < -0.4 is 14.8 Å². The lowest BCUT2D eigenvalue weighted by Crippen LogP contribution is -2.11. The topological polar surface area (TPSA) is 60.5 Å². The number of aromatic nitrogens is 1. The largest absolute Gasteiger partial charge is 0.493 e. The SMILES string of the molecule is COc1ccc(C(=O)Nc2nc3cc(Cl)c(C)cc3s2)cc1OC. The lowest BCUT2D eigenvalue weighted by atomic mass is 10.2. The Labute approximate surface area is 148 Å². The molecule has 2 aromatic carbocycles. The predicted octanol–water partition coefficient (Wildman–Crippen LogP) is 4.53. The van der Waals surface area contributed by atoms with Crippen LogP contribution >= 0.6 is 22.9 Å². The Balaban J connectivity index is 1.87. The molecule has 3 rings (SSSR count). The standard InChI is InChI=1S/C17H15ClN2O3S/c1-9-6-15-12(8-11(9)18)19-17(24-15)20-16(21)10-4-5-13(22-2)14(7-10)23-3/h4-8H,1-3H3,(H,19,20,21). The number of rotatable bonds is 4. The van der Waals surface area contributed by atoms with Crippen molar-refractivity contribution in [1.29, 1.82) is 0 Å². The van der Waals surface area contributed by atoms with Gasteiger partial charge >= 0.3 is 0 Å². The van der Waals surface area contributed by atoms with Crippen LogP contribution in [0.4, 0.5) is 5.13 Å². The average Bonchev–Trinajstić information content (AvgIpc) is 2.95. The predicted molar refractivity (Wildman–Crippen MR) is 96.9 cm³/mol. The fourth-order valence-electron chi connectivity index (χ4n) is 2.25. The number of fused-ring (bicyclic) bond motifs is 1. The number of halogens is 1. The fraction of sp³-hybridized carbons (Fsp3) is 0.176. The first-order chi connectivity index (χ1) is 11.5. The van der Waals surface area contributed by atoms with Gasteiger partial charge in [-0.25, -0.2) is 4.98 Å². The van der Waals surface area contributed by atoms with E-state index in [-0.39, 0.29) is 5.91 Å². The molecule has 3 aromatic rings. The van der Waals surface area contributed by atoms with Crippen molar-refractivity contribution in [3.8, 4) is 11.5 Å². The molecule has 124 valence electrons. The van der Waals surface area contributed by atoms with Gasteiger partial charge in [0.2, 0.25) is 0 Å². The highest BCUT2D eigenvalue weighted by Crippen LogP contribution is 2.31. The molecule has 0 fully saturated rings. The summed E-state index contributed by atoms with van der Waals surface area (Å²) in [6.45, 7) is 1.93. The fourth-order valence-corrected chi connectivity index (χ4v) is 3.35. The summed E-state index contributed by atoms with van der Waals surface area (Å²) in [5, 5.41) is 3.98. The van der Waals surface area contributed by atoms with Gasteiger partial charge in [-0.3, -0.25) is 10.1 Å². The normalized spacial score (nSPS) is 10.7. The van der Waals surface area contributed by atoms with Crippen LogP contribution in [0.25, 0.3) is 10.2 Å². The Morgan fingerprint density at radius 2 is 1.92 bits per heavy atom. The maximum atomic E-state index is 12.4. The molecule has 1 N–H and O–H groups in total. The van der Waals surface area contributed by atoms with Crippen LogP contribution in [-0.4, -0.2) is 25.1 Å². The second-order valence-electron chi connectivity index (χ2n) is 5.11. The highest BCUT2D eigenvalue weighted by Gasteiger charge is 2.13. The van der Waals surface area contributed by atoms with Crippen molar-refractivity contribution in [3.63, 3.8) is 0 Å². The molecule has 0 atom stereocenters. The number of nitrogens with zero attached hydrogens (tertiary/aromatic N) is 1. The number of methoxy groups -OCH3 is 2. The number of anilines is 1. The van der Waals surface area contributed by atoms with Gasteiger partial charge in [0.25, 0.3) is 5.91 Å². The molecule has 0 saturated carbocycles. The van der Waals surface area contributed by atoms with Gasteiger partial charge in [0.05, 0.1) is 24.4 Å². The molecule has 1 heterocycles. The van der Waals surface area contributed by atoms with Crippen molar-refractivity contribution >= 4 is 44.2 Å². The molecule has 7 heteroatoms. The molecule has 5 nitrogen and oxygen atoms in total. The summed E-state index contributed by atoms with van der Waals surface area (Å²) in [7, 11) is 3.07. The number of carbonyl (C=O) groups is 1. The molecule has 0 saturated heterocycles. The van der Waals surface area contributed by atoms with Crippen LogP contribution in [0.2, 0.25) is 5.02 Å². The minimum absolute atomic E-state index is 0.266. The number of nitrogens with one attached hydrogen (secondary N) is 1. The third-order valence-electron chi connectivity index (χ3n) is 3.54. The Kier molecular flexibility index (Phi) is 4.59. The van der Waals surface area contributed by atoms with Crippen molar-refractivity contribution in [2.45, 2.75) is 6.92 Å². The van der Waals surface area contributed by atoms with Crippen LogP contribution in [0.5, 0.6) is 11.5 Å². The molecule has 0 aliphatic heterocycles. The molecule has 1 aromatic heterocycles. The minimum atomic E-state index is -0.266. The third kappa shape index (κ3) is 3.16. The van der Waals surface area contributed by atoms with E-state index in [1.807, 2.05) is 13.0 Å². The van der Waals surface area contributed by atoms with E-state index >= 15 is 0 Å². The van der Waals surface area contributed by atoms with Crippen molar-refractivity contribution in [1.82, 2.24) is 4.98 Å². The van der Waals surface area contributed by atoms with Gasteiger partial charge in [-0.15, -0.1) is 0 Å². The van der Waals surface area contributed by atoms with Crippen molar-refractivity contribution < 1.29 is 14.3 Å². The summed E-state index contributed by atoms with van der Waals surface area (Å²) in [6.07, 6.45) is 0. The molecule has 0 spiro atoms. The summed E-state index contributed by atoms with van der Waals surface area (Å²) in [6, 6.07) is 8.75. The number of benzene rings is 2. The van der Waals surface area contributed by atoms with E-state index in [1.54, 1.807) is 31.4 Å². The van der Waals surface area contributed by atoms with E-state index in [9.17, 15) is 4.79 Å². The van der Waals surface area contributed by atoms with Gasteiger partial charge in [-0.05, 0) is 42.8 Å². The quantitative estimate of drug-likeness (QED) is 0.740. The molecule has 0 bridgehead atoms. The summed E-state index contributed by atoms with van der Waals surface area (Å²) < 4.78 is 11.4. The molecule has 0 aliphatic rings. The van der Waals surface area contributed by atoms with Crippen LogP contribution in [0, 0.1) is 6.92 Å². The number of thiazole rings is 1. The van der Waals surface area contributed by atoms with Gasteiger partial charge in [0.1, 0.15) is 0 Å². The zero-order chi connectivity index (χ0) is 17.3. The monoisotopic (exact) mass is 362 g/mol.